The van der Waals surface area contributed by atoms with Gasteiger partial charge in [0.2, 0.25) is 0 Å². The molecule has 1 aliphatic rings. The number of amides is 1. The van der Waals surface area contributed by atoms with Gasteiger partial charge >= 0.3 is 0 Å². The molecule has 6 heteroatoms. The van der Waals surface area contributed by atoms with Crippen molar-refractivity contribution in [2.75, 3.05) is 0 Å². The summed E-state index contributed by atoms with van der Waals surface area (Å²) in [6.07, 6.45) is 4.73. The van der Waals surface area contributed by atoms with E-state index in [4.69, 9.17) is 4.52 Å². The number of nitrogens with one attached hydrogen (secondary N) is 1. The zero-order valence-corrected chi connectivity index (χ0v) is 16.0. The van der Waals surface area contributed by atoms with Gasteiger partial charge in [0.15, 0.2) is 5.69 Å². The molecule has 25 heavy (non-hydrogen) atoms. The number of carbonyl (C=O) groups is 1. The summed E-state index contributed by atoms with van der Waals surface area (Å²) in [6, 6.07) is -0.129. The molecular formula is C19H28N4O2. The van der Waals surface area contributed by atoms with Crippen LogP contribution < -0.4 is 5.32 Å². The normalized spacial score (nSPS) is 18.7. The van der Waals surface area contributed by atoms with Gasteiger partial charge in [-0.05, 0) is 38.0 Å². The standard InChI is InChI=1S/C19H28N4O2/c1-11(15-10-23(6)21-12(15)2)20-18(24)17-14-9-13(19(3,4)5)7-8-16(14)25-22-17/h10-11,13H,7-9H2,1-6H3,(H,20,24)/t11-,13-/m1/s1. The van der Waals surface area contributed by atoms with Gasteiger partial charge in [-0.3, -0.25) is 9.48 Å². The molecule has 0 unspecified atom stereocenters. The Morgan fingerprint density at radius 3 is 2.76 bits per heavy atom. The predicted molar refractivity (Wildman–Crippen MR) is 95.3 cm³/mol. The molecule has 6 nitrogen and oxygen atoms in total. The Morgan fingerprint density at radius 2 is 2.16 bits per heavy atom. The van der Waals surface area contributed by atoms with E-state index >= 15 is 0 Å². The van der Waals surface area contributed by atoms with Crippen LogP contribution in [0, 0.1) is 18.3 Å². The maximum absolute atomic E-state index is 12.8. The summed E-state index contributed by atoms with van der Waals surface area (Å²) in [5.74, 6) is 1.23. The number of aryl methyl sites for hydroxylation is 3. The van der Waals surface area contributed by atoms with Gasteiger partial charge in [-0.1, -0.05) is 25.9 Å². The van der Waals surface area contributed by atoms with E-state index in [1.54, 1.807) is 4.68 Å². The smallest absolute Gasteiger partial charge is 0.274 e. The minimum absolute atomic E-state index is 0.129. The molecule has 1 N–H and O–H groups in total. The Kier molecular flexibility index (Phi) is 4.47. The molecule has 0 aliphatic heterocycles. The lowest BCUT2D eigenvalue weighted by Crippen LogP contribution is -2.30. The molecule has 2 aromatic heterocycles. The van der Waals surface area contributed by atoms with Crippen molar-refractivity contribution in [1.29, 1.82) is 0 Å². The lowest BCUT2D eigenvalue weighted by Gasteiger charge is -2.33. The van der Waals surface area contributed by atoms with Crippen molar-refractivity contribution in [1.82, 2.24) is 20.3 Å². The zero-order chi connectivity index (χ0) is 18.4. The van der Waals surface area contributed by atoms with Gasteiger partial charge < -0.3 is 9.84 Å². The van der Waals surface area contributed by atoms with Gasteiger partial charge in [0, 0.05) is 30.8 Å². The highest BCUT2D eigenvalue weighted by Gasteiger charge is 2.34. The molecule has 0 radical (unpaired) electrons. The third-order valence-electron chi connectivity index (χ3n) is 5.35. The maximum atomic E-state index is 12.8. The number of rotatable bonds is 3. The Balaban J connectivity index is 1.78. The van der Waals surface area contributed by atoms with Gasteiger partial charge in [-0.2, -0.15) is 5.10 Å². The SMILES string of the molecule is Cc1nn(C)cc1[C@@H](C)NC(=O)c1noc2c1C[C@H](C(C)(C)C)CC2. The van der Waals surface area contributed by atoms with Gasteiger partial charge in [0.25, 0.3) is 5.91 Å². The molecular weight excluding hydrogens is 316 g/mol. The summed E-state index contributed by atoms with van der Waals surface area (Å²) in [4.78, 5) is 12.8. The number of hydrogen-bond donors (Lipinski definition) is 1. The largest absolute Gasteiger partial charge is 0.360 e. The molecule has 0 bridgehead atoms. The van der Waals surface area contributed by atoms with Gasteiger partial charge in [0.05, 0.1) is 11.7 Å². The van der Waals surface area contributed by atoms with E-state index in [2.05, 4.69) is 36.3 Å². The minimum Gasteiger partial charge on any atom is -0.360 e. The Morgan fingerprint density at radius 1 is 1.44 bits per heavy atom. The van der Waals surface area contributed by atoms with Crippen LogP contribution in [0.1, 0.15) is 73.2 Å². The Bertz CT molecular complexity index is 782. The summed E-state index contributed by atoms with van der Waals surface area (Å²) >= 11 is 0. The second-order valence-electron chi connectivity index (χ2n) is 8.28. The van der Waals surface area contributed by atoms with E-state index in [1.165, 1.54) is 0 Å². The van der Waals surface area contributed by atoms with Crippen LogP contribution in [0.5, 0.6) is 0 Å². The molecule has 2 aromatic rings. The Hall–Kier alpha value is -2.11. The van der Waals surface area contributed by atoms with E-state index < -0.39 is 0 Å². The fourth-order valence-electron chi connectivity index (χ4n) is 3.71. The van der Waals surface area contributed by atoms with E-state index in [9.17, 15) is 4.79 Å². The second-order valence-corrected chi connectivity index (χ2v) is 8.28. The van der Waals surface area contributed by atoms with Crippen LogP contribution in [0.4, 0.5) is 0 Å². The number of nitrogens with zero attached hydrogens (tertiary/aromatic N) is 3. The molecule has 1 aliphatic carbocycles. The first-order valence-corrected chi connectivity index (χ1v) is 8.95. The maximum Gasteiger partial charge on any atom is 0.274 e. The van der Waals surface area contributed by atoms with E-state index in [0.29, 0.717) is 11.6 Å². The average molecular weight is 344 g/mol. The van der Waals surface area contributed by atoms with Crippen LogP contribution in [-0.4, -0.2) is 20.8 Å². The number of carbonyl (C=O) groups excluding carboxylic acids is 1. The number of fused-ring (bicyclic) bond motifs is 1. The first-order chi connectivity index (χ1) is 11.7. The third kappa shape index (κ3) is 3.48. The zero-order valence-electron chi connectivity index (χ0n) is 16.0. The molecule has 136 valence electrons. The molecule has 0 aromatic carbocycles. The second kappa shape index (κ2) is 6.32. The van der Waals surface area contributed by atoms with Crippen LogP contribution in [0.15, 0.2) is 10.7 Å². The molecule has 0 saturated carbocycles. The summed E-state index contributed by atoms with van der Waals surface area (Å²) in [7, 11) is 1.88. The monoisotopic (exact) mass is 344 g/mol. The van der Waals surface area contributed by atoms with Gasteiger partial charge in [-0.25, -0.2) is 0 Å². The van der Waals surface area contributed by atoms with Crippen LogP contribution in [0.25, 0.3) is 0 Å². The highest BCUT2D eigenvalue weighted by molar-refractivity contribution is 5.94. The van der Waals surface area contributed by atoms with Crippen LogP contribution in [0.2, 0.25) is 0 Å². The molecule has 1 amide bonds. The van der Waals surface area contributed by atoms with Crippen molar-refractivity contribution in [2.45, 2.75) is 59.9 Å². The summed E-state index contributed by atoms with van der Waals surface area (Å²) in [5.41, 5.74) is 3.57. The van der Waals surface area contributed by atoms with Gasteiger partial charge in [0.1, 0.15) is 5.76 Å². The van der Waals surface area contributed by atoms with Crippen molar-refractivity contribution >= 4 is 5.91 Å². The first-order valence-electron chi connectivity index (χ1n) is 8.95. The highest BCUT2D eigenvalue weighted by Crippen LogP contribution is 2.38. The number of hydrogen-bond acceptors (Lipinski definition) is 4. The fraction of sp³-hybridized carbons (Fsp3) is 0.632. The molecule has 0 saturated heterocycles. The van der Waals surface area contributed by atoms with Crippen LogP contribution >= 0.6 is 0 Å². The average Bonchev–Trinajstić information content (AvgIpc) is 3.08. The minimum atomic E-state index is -0.171. The van der Waals surface area contributed by atoms with Crippen molar-refractivity contribution in [3.63, 3.8) is 0 Å². The predicted octanol–water partition coefficient (Wildman–Crippen LogP) is 3.36. The van der Waals surface area contributed by atoms with Crippen LogP contribution in [0.3, 0.4) is 0 Å². The lowest BCUT2D eigenvalue weighted by molar-refractivity contribution is 0.0929. The third-order valence-corrected chi connectivity index (χ3v) is 5.35. The quantitative estimate of drug-likeness (QED) is 0.926. The Labute approximate surface area is 149 Å². The van der Waals surface area contributed by atoms with E-state index in [0.717, 1.165) is 41.8 Å². The molecule has 3 rings (SSSR count). The lowest BCUT2D eigenvalue weighted by atomic mass is 9.71. The number of aromatic nitrogens is 3. The van der Waals surface area contributed by atoms with Crippen LogP contribution in [-0.2, 0) is 19.9 Å². The molecule has 2 atom stereocenters. The molecule has 0 spiro atoms. The van der Waals surface area contributed by atoms with Crippen molar-refractivity contribution in [2.24, 2.45) is 18.4 Å². The van der Waals surface area contributed by atoms with E-state index in [-0.39, 0.29) is 17.4 Å². The van der Waals surface area contributed by atoms with Gasteiger partial charge in [-0.15, -0.1) is 0 Å². The van der Waals surface area contributed by atoms with Crippen molar-refractivity contribution in [3.05, 3.63) is 34.5 Å². The first kappa shape index (κ1) is 17.7. The van der Waals surface area contributed by atoms with E-state index in [1.807, 2.05) is 27.1 Å². The summed E-state index contributed by atoms with van der Waals surface area (Å²) in [5, 5.41) is 11.5. The topological polar surface area (TPSA) is 73.0 Å². The fourth-order valence-corrected chi connectivity index (χ4v) is 3.71. The van der Waals surface area contributed by atoms with Crippen molar-refractivity contribution in [3.8, 4) is 0 Å². The van der Waals surface area contributed by atoms with Crippen molar-refractivity contribution < 1.29 is 9.32 Å². The molecule has 0 fully saturated rings. The summed E-state index contributed by atoms with van der Waals surface area (Å²) in [6.45, 7) is 10.7. The molecule has 2 heterocycles. The highest BCUT2D eigenvalue weighted by atomic mass is 16.5. The summed E-state index contributed by atoms with van der Waals surface area (Å²) < 4.78 is 7.22.